The zero-order chi connectivity index (χ0) is 17.7. The summed E-state index contributed by atoms with van der Waals surface area (Å²) in [6, 6.07) is 1.93. The Kier molecular flexibility index (Phi) is 5.58. The first-order valence-electron chi connectivity index (χ1n) is 9.11. The van der Waals surface area contributed by atoms with Crippen molar-refractivity contribution in [2.75, 3.05) is 26.2 Å². The van der Waals surface area contributed by atoms with Crippen LogP contribution in [0, 0.1) is 0 Å². The predicted octanol–water partition coefficient (Wildman–Crippen LogP) is 2.45. The number of rotatable bonds is 7. The van der Waals surface area contributed by atoms with Gasteiger partial charge in [-0.25, -0.2) is 0 Å². The predicted molar refractivity (Wildman–Crippen MR) is 96.6 cm³/mol. The van der Waals surface area contributed by atoms with Crippen LogP contribution in [0.25, 0.3) is 0 Å². The molecule has 0 aromatic carbocycles. The molecule has 3 rings (SSSR count). The maximum atomic E-state index is 11.6. The van der Waals surface area contributed by atoms with Gasteiger partial charge in [-0.05, 0) is 51.4 Å². The van der Waals surface area contributed by atoms with Crippen LogP contribution < -0.4 is 5.32 Å². The molecule has 6 heteroatoms. The molecule has 0 spiro atoms. The van der Waals surface area contributed by atoms with Crippen LogP contribution in [0.5, 0.6) is 0 Å². The fraction of sp³-hybridized carbons (Fsp3) is 0.579. The van der Waals surface area contributed by atoms with Crippen LogP contribution in [-0.4, -0.2) is 49.3 Å². The van der Waals surface area contributed by atoms with E-state index in [0.29, 0.717) is 12.4 Å². The molecule has 3 heterocycles. The van der Waals surface area contributed by atoms with Crippen LogP contribution in [0.3, 0.4) is 0 Å². The zero-order valence-electron chi connectivity index (χ0n) is 15.0. The fourth-order valence-corrected chi connectivity index (χ4v) is 3.82. The molecule has 2 aliphatic heterocycles. The van der Waals surface area contributed by atoms with Crippen molar-refractivity contribution in [3.8, 4) is 0 Å². The van der Waals surface area contributed by atoms with Gasteiger partial charge in [0.1, 0.15) is 12.8 Å². The average molecular weight is 345 g/mol. The summed E-state index contributed by atoms with van der Waals surface area (Å²) in [5.74, 6) is 0.621. The second-order valence-electron chi connectivity index (χ2n) is 6.77. The van der Waals surface area contributed by atoms with Gasteiger partial charge in [-0.15, -0.1) is 0 Å². The topological polar surface area (TPSA) is 67.1 Å². The molecule has 6 nitrogen and oxygen atoms in total. The molecule has 136 valence electrons. The normalized spacial score (nSPS) is 27.1. The molecule has 1 aromatic rings. The molecule has 1 amide bonds. The third-order valence-electron chi connectivity index (χ3n) is 5.39. The highest BCUT2D eigenvalue weighted by atomic mass is 16.6. The monoisotopic (exact) mass is 345 g/mol. The number of carbonyl (C=O) groups is 1. The number of hydrogen-bond acceptors (Lipinski definition) is 5. The molecular formula is C19H27N3O3. The molecule has 1 aromatic heterocycles. The van der Waals surface area contributed by atoms with Crippen LogP contribution in [0.1, 0.15) is 44.4 Å². The van der Waals surface area contributed by atoms with E-state index in [2.05, 4.69) is 22.3 Å². The minimum Gasteiger partial charge on any atom is -0.463 e. The van der Waals surface area contributed by atoms with E-state index in [-0.39, 0.29) is 17.4 Å². The van der Waals surface area contributed by atoms with E-state index >= 15 is 0 Å². The second-order valence-corrected chi connectivity index (χ2v) is 6.77. The number of nitrogens with zero attached hydrogens (tertiary/aromatic N) is 2. The summed E-state index contributed by atoms with van der Waals surface area (Å²) in [6.45, 7) is 7.93. The number of carbonyl (C=O) groups excluding carboxylic acids is 1. The highest BCUT2D eigenvalue weighted by molar-refractivity contribution is 5.90. The third-order valence-corrected chi connectivity index (χ3v) is 5.39. The van der Waals surface area contributed by atoms with Crippen molar-refractivity contribution in [3.05, 3.63) is 35.8 Å². The smallest absolute Gasteiger partial charge is 0.243 e. The Bertz CT molecular complexity index is 646. The Hall–Kier alpha value is -2.08. The lowest BCUT2D eigenvalue weighted by Gasteiger charge is -2.38. The Morgan fingerprint density at radius 3 is 3.00 bits per heavy atom. The zero-order valence-corrected chi connectivity index (χ0v) is 15.0. The van der Waals surface area contributed by atoms with Gasteiger partial charge in [0.05, 0.1) is 6.26 Å². The first-order valence-corrected chi connectivity index (χ1v) is 9.11. The maximum Gasteiger partial charge on any atom is 0.243 e. The van der Waals surface area contributed by atoms with E-state index in [4.69, 9.17) is 9.25 Å². The molecule has 25 heavy (non-hydrogen) atoms. The van der Waals surface area contributed by atoms with Gasteiger partial charge >= 0.3 is 0 Å². The van der Waals surface area contributed by atoms with Crippen molar-refractivity contribution in [2.24, 2.45) is 5.16 Å². The third kappa shape index (κ3) is 3.79. The fourth-order valence-electron chi connectivity index (χ4n) is 3.82. The van der Waals surface area contributed by atoms with Gasteiger partial charge in [0.2, 0.25) is 5.91 Å². The number of amides is 1. The second kappa shape index (κ2) is 7.87. The van der Waals surface area contributed by atoms with Gasteiger partial charge in [0.15, 0.2) is 5.76 Å². The van der Waals surface area contributed by atoms with E-state index in [9.17, 15) is 4.79 Å². The van der Waals surface area contributed by atoms with Gasteiger partial charge in [-0.2, -0.15) is 0 Å². The lowest BCUT2D eigenvalue weighted by molar-refractivity contribution is -0.118. The van der Waals surface area contributed by atoms with Gasteiger partial charge in [0.25, 0.3) is 0 Å². The largest absolute Gasteiger partial charge is 0.463 e. The van der Waals surface area contributed by atoms with Crippen molar-refractivity contribution in [2.45, 2.75) is 44.6 Å². The van der Waals surface area contributed by atoms with E-state index in [1.54, 1.807) is 18.6 Å². The summed E-state index contributed by atoms with van der Waals surface area (Å²) < 4.78 is 5.61. The summed E-state index contributed by atoms with van der Waals surface area (Å²) in [4.78, 5) is 19.4. The Morgan fingerprint density at radius 2 is 2.28 bits per heavy atom. The molecule has 0 bridgehead atoms. The summed E-state index contributed by atoms with van der Waals surface area (Å²) >= 11 is 0. The Morgan fingerprint density at radius 1 is 1.48 bits per heavy atom. The lowest BCUT2D eigenvalue weighted by Crippen LogP contribution is -2.50. The Balaban J connectivity index is 1.66. The number of oxime groups is 1. The van der Waals surface area contributed by atoms with E-state index in [0.717, 1.165) is 31.6 Å². The van der Waals surface area contributed by atoms with Crippen LogP contribution in [-0.2, 0) is 15.0 Å². The number of hydrogen-bond donors (Lipinski definition) is 1. The number of likely N-dealkylation sites (tertiary alicyclic amines) is 1. The van der Waals surface area contributed by atoms with Crippen molar-refractivity contribution in [1.82, 2.24) is 10.2 Å². The van der Waals surface area contributed by atoms with Crippen molar-refractivity contribution in [1.29, 1.82) is 0 Å². The van der Waals surface area contributed by atoms with Crippen LogP contribution in [0.15, 0.2) is 34.1 Å². The van der Waals surface area contributed by atoms with Crippen LogP contribution in [0.4, 0.5) is 0 Å². The number of nitrogens with one attached hydrogen (secondary N) is 1. The summed E-state index contributed by atoms with van der Waals surface area (Å²) in [6.07, 6.45) is 10.3. The number of furan rings is 1. The molecule has 2 atom stereocenters. The van der Waals surface area contributed by atoms with Crippen LogP contribution in [0.2, 0.25) is 0 Å². The minimum atomic E-state index is -0.294. The SMILES string of the molecule is CCC1(c2ccoc2C=NOCCN2CCCC2)C=CC(=O)NC1C. The first kappa shape index (κ1) is 17.7. The highest BCUT2D eigenvalue weighted by Crippen LogP contribution is 2.37. The molecule has 0 aliphatic carbocycles. The molecule has 2 aliphatic rings. The van der Waals surface area contributed by atoms with E-state index in [1.807, 2.05) is 19.1 Å². The van der Waals surface area contributed by atoms with Crippen molar-refractivity contribution in [3.63, 3.8) is 0 Å². The maximum absolute atomic E-state index is 11.6. The standard InChI is InChI=1S/C19H27N3O3/c1-3-19(8-6-18(23)21-15(19)2)16-7-12-24-17(16)14-20-25-13-11-22-9-4-5-10-22/h6-8,12,14-15H,3-5,9-11,13H2,1-2H3,(H,21,23). The Labute approximate surface area is 148 Å². The van der Waals surface area contributed by atoms with Gasteiger partial charge in [-0.1, -0.05) is 18.2 Å². The quantitative estimate of drug-likeness (QED) is 0.468. The van der Waals surface area contributed by atoms with Gasteiger partial charge in [0, 0.05) is 23.6 Å². The van der Waals surface area contributed by atoms with Crippen molar-refractivity contribution >= 4 is 12.1 Å². The average Bonchev–Trinajstić information content (AvgIpc) is 3.27. The van der Waals surface area contributed by atoms with Crippen LogP contribution >= 0.6 is 0 Å². The van der Waals surface area contributed by atoms with E-state index < -0.39 is 0 Å². The minimum absolute atomic E-state index is 0.0177. The molecular weight excluding hydrogens is 318 g/mol. The summed E-state index contributed by atoms with van der Waals surface area (Å²) in [5.41, 5.74) is 0.725. The molecule has 1 fully saturated rings. The summed E-state index contributed by atoms with van der Waals surface area (Å²) in [5, 5.41) is 7.07. The summed E-state index contributed by atoms with van der Waals surface area (Å²) in [7, 11) is 0. The van der Waals surface area contributed by atoms with Gasteiger partial charge < -0.3 is 14.6 Å². The molecule has 2 unspecified atom stereocenters. The molecule has 0 saturated carbocycles. The first-order chi connectivity index (χ1) is 12.2. The molecule has 1 N–H and O–H groups in total. The lowest BCUT2D eigenvalue weighted by atomic mass is 9.71. The van der Waals surface area contributed by atoms with Crippen molar-refractivity contribution < 1.29 is 14.0 Å². The van der Waals surface area contributed by atoms with E-state index in [1.165, 1.54) is 12.8 Å². The van der Waals surface area contributed by atoms with Gasteiger partial charge in [-0.3, -0.25) is 9.69 Å². The molecule has 0 radical (unpaired) electrons. The highest BCUT2D eigenvalue weighted by Gasteiger charge is 2.39. The molecule has 1 saturated heterocycles.